The highest BCUT2D eigenvalue weighted by atomic mass is 16.6. The van der Waals surface area contributed by atoms with Crippen LogP contribution in [0.1, 0.15) is 27.0 Å². The molecular formula is C34H25NO5. The highest BCUT2D eigenvalue weighted by Crippen LogP contribution is 2.56. The molecule has 5 aromatic carbocycles. The maximum Gasteiger partial charge on any atom is 0.340 e. The van der Waals surface area contributed by atoms with Crippen LogP contribution in [0.25, 0.3) is 0 Å². The van der Waals surface area contributed by atoms with Gasteiger partial charge in [-0.3, -0.25) is 0 Å². The molecular weight excluding hydrogens is 502 g/mol. The van der Waals surface area contributed by atoms with E-state index in [2.05, 4.69) is 4.90 Å². The number of para-hydroxylation sites is 1. The van der Waals surface area contributed by atoms with Gasteiger partial charge in [-0.15, -0.1) is 0 Å². The van der Waals surface area contributed by atoms with Crippen LogP contribution in [0.2, 0.25) is 0 Å². The summed E-state index contributed by atoms with van der Waals surface area (Å²) in [6.45, 7) is 0. The van der Waals surface area contributed by atoms with E-state index in [9.17, 15) is 4.79 Å². The van der Waals surface area contributed by atoms with E-state index in [1.54, 1.807) is 14.2 Å². The highest BCUT2D eigenvalue weighted by molar-refractivity contribution is 5.97. The van der Waals surface area contributed by atoms with Crippen LogP contribution in [-0.4, -0.2) is 20.2 Å². The molecule has 0 fully saturated rings. The van der Waals surface area contributed by atoms with E-state index < -0.39 is 5.60 Å². The number of hydrogen-bond acceptors (Lipinski definition) is 6. The van der Waals surface area contributed by atoms with Gasteiger partial charge >= 0.3 is 5.97 Å². The van der Waals surface area contributed by atoms with Crippen molar-refractivity contribution in [2.45, 2.75) is 5.60 Å². The van der Waals surface area contributed by atoms with Crippen molar-refractivity contribution in [3.63, 3.8) is 0 Å². The molecule has 6 nitrogen and oxygen atoms in total. The Morgan fingerprint density at radius 2 is 1.15 bits per heavy atom. The average Bonchev–Trinajstić information content (AvgIpc) is 3.30. The summed E-state index contributed by atoms with van der Waals surface area (Å²) in [7, 11) is 3.30. The zero-order chi connectivity index (χ0) is 27.3. The summed E-state index contributed by atoms with van der Waals surface area (Å²) in [4.78, 5) is 15.2. The van der Waals surface area contributed by atoms with Gasteiger partial charge < -0.3 is 23.8 Å². The molecule has 40 heavy (non-hydrogen) atoms. The zero-order valence-electron chi connectivity index (χ0n) is 22.0. The van der Waals surface area contributed by atoms with Crippen molar-refractivity contribution >= 4 is 23.0 Å². The number of ether oxygens (including phenoxy) is 4. The first-order valence-electron chi connectivity index (χ1n) is 13.0. The first-order valence-corrected chi connectivity index (χ1v) is 13.0. The van der Waals surface area contributed by atoms with E-state index in [1.807, 2.05) is 115 Å². The number of anilines is 3. The number of carbonyl (C=O) groups is 1. The van der Waals surface area contributed by atoms with Crippen LogP contribution in [0.4, 0.5) is 17.1 Å². The van der Waals surface area contributed by atoms with Crippen molar-refractivity contribution in [2.75, 3.05) is 19.1 Å². The van der Waals surface area contributed by atoms with Crippen molar-refractivity contribution < 1.29 is 23.7 Å². The van der Waals surface area contributed by atoms with Crippen LogP contribution in [-0.2, 0) is 10.3 Å². The van der Waals surface area contributed by atoms with E-state index in [1.165, 1.54) is 0 Å². The van der Waals surface area contributed by atoms with Gasteiger partial charge in [0.25, 0.3) is 0 Å². The number of rotatable bonds is 5. The molecule has 0 aliphatic carbocycles. The fourth-order valence-corrected chi connectivity index (χ4v) is 5.66. The molecule has 5 aromatic rings. The van der Waals surface area contributed by atoms with Gasteiger partial charge in [-0.05, 0) is 72.8 Å². The maximum atomic E-state index is 13.1. The van der Waals surface area contributed by atoms with E-state index in [-0.39, 0.29) is 5.97 Å². The first kappa shape index (κ1) is 23.9. The Morgan fingerprint density at radius 1 is 0.600 bits per heavy atom. The summed E-state index contributed by atoms with van der Waals surface area (Å²) in [5.41, 5.74) is 4.61. The van der Waals surface area contributed by atoms with Crippen LogP contribution >= 0.6 is 0 Å². The largest absolute Gasteiger partial charge is 0.497 e. The lowest BCUT2D eigenvalue weighted by atomic mass is 9.77. The molecule has 0 radical (unpaired) electrons. The van der Waals surface area contributed by atoms with Gasteiger partial charge in [-0.25, -0.2) is 4.79 Å². The molecule has 2 aliphatic heterocycles. The molecule has 196 valence electrons. The number of benzene rings is 5. The molecule has 1 spiro atoms. The molecule has 0 saturated heterocycles. The molecule has 1 atom stereocenters. The van der Waals surface area contributed by atoms with Gasteiger partial charge in [-0.1, -0.05) is 36.4 Å². The van der Waals surface area contributed by atoms with Crippen LogP contribution in [0.5, 0.6) is 23.0 Å². The normalized spacial score (nSPS) is 16.3. The van der Waals surface area contributed by atoms with Gasteiger partial charge in [0.1, 0.15) is 23.0 Å². The Hall–Kier alpha value is -5.23. The monoisotopic (exact) mass is 527 g/mol. The predicted octanol–water partition coefficient (Wildman–Crippen LogP) is 7.74. The van der Waals surface area contributed by atoms with Gasteiger partial charge in [0.15, 0.2) is 5.60 Å². The van der Waals surface area contributed by atoms with Gasteiger partial charge in [-0.2, -0.15) is 0 Å². The molecule has 0 saturated carbocycles. The molecule has 0 bridgehead atoms. The summed E-state index contributed by atoms with van der Waals surface area (Å²) in [6, 6.07) is 37.1. The molecule has 0 N–H and O–H groups in total. The SMILES string of the molecule is COc1ccc(N(c2ccc(OC)cc2)c2ccc3c(c2)Oc2ccccc2C32OC(=O)c3ccccc32)cc1. The number of hydrogen-bond donors (Lipinski definition) is 0. The molecule has 2 aliphatic rings. The smallest absolute Gasteiger partial charge is 0.340 e. The Kier molecular flexibility index (Phi) is 5.49. The first-order chi connectivity index (χ1) is 19.6. The fraction of sp³-hybridized carbons (Fsp3) is 0.0882. The van der Waals surface area contributed by atoms with E-state index in [0.717, 1.165) is 45.3 Å². The molecule has 0 aromatic heterocycles. The van der Waals surface area contributed by atoms with Crippen molar-refractivity contribution in [1.29, 1.82) is 0 Å². The molecule has 6 heteroatoms. The Labute approximate surface area is 231 Å². The van der Waals surface area contributed by atoms with Gasteiger partial charge in [0, 0.05) is 39.8 Å². The minimum Gasteiger partial charge on any atom is -0.497 e. The van der Waals surface area contributed by atoms with Crippen LogP contribution in [0.3, 0.4) is 0 Å². The molecule has 1 unspecified atom stereocenters. The minimum absolute atomic E-state index is 0.347. The summed E-state index contributed by atoms with van der Waals surface area (Å²) < 4.78 is 23.6. The third-order valence-electron chi connectivity index (χ3n) is 7.52. The Morgan fingerprint density at radius 3 is 1.80 bits per heavy atom. The topological polar surface area (TPSA) is 57.2 Å². The van der Waals surface area contributed by atoms with Crippen molar-refractivity contribution in [2.24, 2.45) is 0 Å². The zero-order valence-corrected chi connectivity index (χ0v) is 22.0. The number of carbonyl (C=O) groups excluding carboxylic acids is 1. The minimum atomic E-state index is -1.10. The van der Waals surface area contributed by atoms with Crippen molar-refractivity contribution in [3.05, 3.63) is 138 Å². The van der Waals surface area contributed by atoms with E-state index in [4.69, 9.17) is 18.9 Å². The van der Waals surface area contributed by atoms with Gasteiger partial charge in [0.05, 0.1) is 19.8 Å². The van der Waals surface area contributed by atoms with Crippen LogP contribution in [0, 0.1) is 0 Å². The number of fused-ring (bicyclic) bond motifs is 6. The van der Waals surface area contributed by atoms with Crippen LogP contribution in [0.15, 0.2) is 115 Å². The van der Waals surface area contributed by atoms with Crippen molar-refractivity contribution in [3.8, 4) is 23.0 Å². The third kappa shape index (κ3) is 3.53. The van der Waals surface area contributed by atoms with E-state index >= 15 is 0 Å². The molecule has 0 amide bonds. The lowest BCUT2D eigenvalue weighted by Gasteiger charge is -2.37. The number of methoxy groups -OCH3 is 2. The molecule has 2 heterocycles. The second-order valence-electron chi connectivity index (χ2n) is 9.63. The molecule has 7 rings (SSSR count). The summed E-state index contributed by atoms with van der Waals surface area (Å²) in [5, 5.41) is 0. The van der Waals surface area contributed by atoms with E-state index in [0.29, 0.717) is 17.1 Å². The lowest BCUT2D eigenvalue weighted by Crippen LogP contribution is -2.33. The summed E-state index contributed by atoms with van der Waals surface area (Å²) >= 11 is 0. The maximum absolute atomic E-state index is 13.1. The standard InChI is InChI=1S/C34H25NO5/c1-37-25-16-11-22(12-17-25)35(23-13-18-26(38-2)19-14-23)24-15-20-30-32(21-24)39-31-10-6-5-9-29(31)34(30)28-8-4-3-7-27(28)33(36)40-34/h3-21H,1-2H3. The second kappa shape index (κ2) is 9.20. The fourth-order valence-electron chi connectivity index (χ4n) is 5.66. The number of nitrogens with zero attached hydrogens (tertiary/aromatic N) is 1. The third-order valence-corrected chi connectivity index (χ3v) is 7.52. The summed E-state index contributed by atoms with van der Waals surface area (Å²) in [5.74, 6) is 2.46. The second-order valence-corrected chi connectivity index (χ2v) is 9.63. The Bertz CT molecular complexity index is 1700. The Balaban J connectivity index is 1.42. The lowest BCUT2D eigenvalue weighted by molar-refractivity contribution is 0.0224. The average molecular weight is 528 g/mol. The van der Waals surface area contributed by atoms with Crippen molar-refractivity contribution in [1.82, 2.24) is 0 Å². The quantitative estimate of drug-likeness (QED) is 0.218. The van der Waals surface area contributed by atoms with Gasteiger partial charge in [0.2, 0.25) is 0 Å². The highest BCUT2D eigenvalue weighted by Gasteiger charge is 2.53. The predicted molar refractivity (Wildman–Crippen MR) is 152 cm³/mol. The van der Waals surface area contributed by atoms with Crippen LogP contribution < -0.4 is 19.1 Å². The summed E-state index contributed by atoms with van der Waals surface area (Å²) in [6.07, 6.45) is 0. The number of esters is 1.